The number of aromatic nitrogens is 2. The maximum absolute atomic E-state index is 15.9. The van der Waals surface area contributed by atoms with Crippen LogP contribution in [0.2, 0.25) is 0 Å². The van der Waals surface area contributed by atoms with Gasteiger partial charge in [-0.25, -0.2) is 14.6 Å². The molecule has 0 aliphatic carbocycles. The maximum Gasteiger partial charge on any atom is 0.415 e. The van der Waals surface area contributed by atoms with Crippen molar-refractivity contribution in [2.24, 2.45) is 0 Å². The first-order valence-electron chi connectivity index (χ1n) is 15.8. The lowest BCUT2D eigenvalue weighted by Gasteiger charge is -2.39. The molecule has 0 saturated carbocycles. The zero-order valence-electron chi connectivity index (χ0n) is 25.2. The van der Waals surface area contributed by atoms with Crippen molar-refractivity contribution in [1.29, 1.82) is 0 Å². The first-order valence-corrected chi connectivity index (χ1v) is 15.8. The van der Waals surface area contributed by atoms with Crippen LogP contribution in [0.25, 0.3) is 22.3 Å². The van der Waals surface area contributed by atoms with Crippen molar-refractivity contribution in [2.45, 2.75) is 77.4 Å². The highest BCUT2D eigenvalue weighted by Gasteiger charge is 2.50. The van der Waals surface area contributed by atoms with Crippen LogP contribution in [-0.4, -0.2) is 70.2 Å². The molecule has 2 saturated heterocycles. The van der Waals surface area contributed by atoms with Crippen molar-refractivity contribution in [3.63, 3.8) is 0 Å². The van der Waals surface area contributed by atoms with E-state index in [9.17, 15) is 14.4 Å². The largest absolute Gasteiger partial charge is 0.456 e. The number of carbonyl (C=O) groups is 2. The highest BCUT2D eigenvalue weighted by atomic mass is 19.2. The Morgan fingerprint density at radius 1 is 1.07 bits per heavy atom. The summed E-state index contributed by atoms with van der Waals surface area (Å²) in [6, 6.07) is 7.41. The summed E-state index contributed by atoms with van der Waals surface area (Å²) in [6.45, 7) is 7.12. The topological polar surface area (TPSA) is 103 Å². The number of amides is 1. The summed E-state index contributed by atoms with van der Waals surface area (Å²) < 4.78 is 33.5. The van der Waals surface area contributed by atoms with E-state index < -0.39 is 17.4 Å². The van der Waals surface area contributed by atoms with Gasteiger partial charge in [-0.15, -0.1) is 0 Å². The molecule has 0 N–H and O–H groups in total. The number of fused-ring (bicyclic) bond motifs is 5. The molecule has 44 heavy (non-hydrogen) atoms. The molecule has 0 bridgehead atoms. The van der Waals surface area contributed by atoms with Gasteiger partial charge in [-0.3, -0.25) is 4.79 Å². The van der Waals surface area contributed by atoms with Gasteiger partial charge < -0.3 is 28.6 Å². The normalized spacial score (nSPS) is 22.0. The number of alkyl halides is 1. The molecule has 7 rings (SSSR count). The minimum absolute atomic E-state index is 0.0638. The van der Waals surface area contributed by atoms with E-state index in [4.69, 9.17) is 19.2 Å². The van der Waals surface area contributed by atoms with Crippen LogP contribution in [0.4, 0.5) is 9.18 Å². The Labute approximate surface area is 254 Å². The van der Waals surface area contributed by atoms with Crippen molar-refractivity contribution in [2.75, 3.05) is 32.8 Å². The summed E-state index contributed by atoms with van der Waals surface area (Å²) >= 11 is 0. The number of carbonyl (C=O) groups excluding carboxylic acids is 2. The summed E-state index contributed by atoms with van der Waals surface area (Å²) in [5, 5.41) is 0.832. The van der Waals surface area contributed by atoms with Crippen LogP contribution in [0, 0.1) is 0 Å². The van der Waals surface area contributed by atoms with Crippen molar-refractivity contribution in [1.82, 2.24) is 19.4 Å². The summed E-state index contributed by atoms with van der Waals surface area (Å²) in [6.07, 6.45) is 6.04. The van der Waals surface area contributed by atoms with Gasteiger partial charge in [-0.2, -0.15) is 4.39 Å². The van der Waals surface area contributed by atoms with E-state index in [1.165, 1.54) is 25.3 Å². The van der Waals surface area contributed by atoms with Gasteiger partial charge in [0.15, 0.2) is 0 Å². The second-order valence-corrected chi connectivity index (χ2v) is 12.1. The predicted molar refractivity (Wildman–Crippen MR) is 160 cm³/mol. The summed E-state index contributed by atoms with van der Waals surface area (Å²) in [5.41, 5.74) is 2.97. The lowest BCUT2D eigenvalue weighted by atomic mass is 9.96. The quantitative estimate of drug-likeness (QED) is 0.304. The molecule has 0 radical (unpaired) electrons. The van der Waals surface area contributed by atoms with Crippen LogP contribution in [0.15, 0.2) is 29.1 Å². The molecule has 0 spiro atoms. The number of pyridine rings is 2. The molecule has 2 aromatic heterocycles. The zero-order chi connectivity index (χ0) is 30.6. The van der Waals surface area contributed by atoms with E-state index in [0.29, 0.717) is 48.2 Å². The molecule has 4 aliphatic rings. The molecule has 4 aliphatic heterocycles. The van der Waals surface area contributed by atoms with Crippen LogP contribution >= 0.6 is 0 Å². The molecule has 232 valence electrons. The first kappa shape index (κ1) is 28.9. The number of aryl methyl sites for hydroxylation is 1. The van der Waals surface area contributed by atoms with Crippen LogP contribution in [-0.2, 0) is 39.7 Å². The highest BCUT2D eigenvalue weighted by Crippen LogP contribution is 2.41. The Kier molecular flexibility index (Phi) is 7.40. The fourth-order valence-electron chi connectivity index (χ4n) is 7.36. The summed E-state index contributed by atoms with van der Waals surface area (Å²) in [5.74, 6) is -3.58. The maximum atomic E-state index is 15.9. The number of cyclic esters (lactones) is 1. The van der Waals surface area contributed by atoms with Gasteiger partial charge in [0.2, 0.25) is 0 Å². The number of hydrogen-bond donors (Lipinski definition) is 0. The Morgan fingerprint density at radius 3 is 2.57 bits per heavy atom. The van der Waals surface area contributed by atoms with E-state index in [2.05, 4.69) is 4.90 Å². The van der Waals surface area contributed by atoms with Gasteiger partial charge in [0.1, 0.15) is 12.4 Å². The highest BCUT2D eigenvalue weighted by molar-refractivity contribution is 5.90. The lowest BCUT2D eigenvalue weighted by molar-refractivity contribution is -0.210. The smallest absolute Gasteiger partial charge is 0.415 e. The first-order chi connectivity index (χ1) is 21.3. The minimum Gasteiger partial charge on any atom is -0.456 e. The predicted octanol–water partition coefficient (Wildman–Crippen LogP) is 4.65. The van der Waals surface area contributed by atoms with Gasteiger partial charge in [-0.1, -0.05) is 13.3 Å². The number of nitrogens with zero attached hydrogens (tertiary/aromatic N) is 4. The van der Waals surface area contributed by atoms with Gasteiger partial charge in [0.25, 0.3) is 5.56 Å². The molecular formula is C33H37FN4O6. The number of esters is 1. The van der Waals surface area contributed by atoms with Gasteiger partial charge >= 0.3 is 17.9 Å². The number of piperidine rings is 2. The molecule has 6 heterocycles. The van der Waals surface area contributed by atoms with E-state index >= 15 is 4.39 Å². The average Bonchev–Trinajstić information content (AvgIpc) is 3.41. The monoisotopic (exact) mass is 604 g/mol. The molecular weight excluding hydrogens is 567 g/mol. The fraction of sp³-hybridized carbons (Fsp3) is 0.515. The third-order valence-electron chi connectivity index (χ3n) is 9.62. The molecule has 0 unspecified atom stereocenters. The third kappa shape index (κ3) is 4.68. The van der Waals surface area contributed by atoms with Gasteiger partial charge in [-0.05, 0) is 81.9 Å². The number of benzene rings is 1. The summed E-state index contributed by atoms with van der Waals surface area (Å²) in [7, 11) is 0. The molecule has 1 atom stereocenters. The Balaban J connectivity index is 1.17. The van der Waals surface area contributed by atoms with E-state index in [-0.39, 0.29) is 37.0 Å². The minimum atomic E-state index is -2.86. The van der Waals surface area contributed by atoms with Crippen molar-refractivity contribution in [3.05, 3.63) is 56.9 Å². The fourth-order valence-corrected chi connectivity index (χ4v) is 7.36. The van der Waals surface area contributed by atoms with E-state index in [0.717, 1.165) is 42.4 Å². The molecule has 10 nitrogen and oxygen atoms in total. The van der Waals surface area contributed by atoms with Crippen molar-refractivity contribution >= 4 is 23.0 Å². The number of ether oxygens (including phenoxy) is 3. The number of rotatable bonds is 5. The van der Waals surface area contributed by atoms with Crippen LogP contribution < -0.4 is 10.3 Å². The van der Waals surface area contributed by atoms with E-state index in [1.807, 2.05) is 13.0 Å². The number of likely N-dealkylation sites (tertiary alicyclic amines) is 2. The van der Waals surface area contributed by atoms with Crippen molar-refractivity contribution in [3.8, 4) is 17.1 Å². The second kappa shape index (κ2) is 11.3. The molecule has 1 aromatic carbocycles. The Morgan fingerprint density at radius 2 is 1.84 bits per heavy atom. The Hall–Kier alpha value is -3.83. The summed E-state index contributed by atoms with van der Waals surface area (Å²) in [4.78, 5) is 48.3. The molecule has 2 fully saturated rings. The standard InChI is InChI=1S/C33H37FN4O6/c1-3-22-23-16-21(44-32(41)37-14-10-20(11-15-37)36-12-6-5-7-13-36)8-9-27(23)35-29-24(22)18-38-28(29)17-26-25(30(38)39)19-42-31(40)33(26,34)43-4-2/h8-9,16-17,20H,3-7,10-15,18-19H2,1-2H3/t33-/m0/s1. The SMILES string of the molecule is CCO[C@]1(F)C(=O)OCc2c1cc1n(c2=O)Cc2c-1nc1ccc(OC(=O)N3CCC(N4CCCCC4)CC3)cc1c2CC. The second-order valence-electron chi connectivity index (χ2n) is 12.1. The molecule has 1 amide bonds. The third-order valence-corrected chi connectivity index (χ3v) is 9.62. The van der Waals surface area contributed by atoms with Gasteiger partial charge in [0.05, 0.1) is 29.0 Å². The average molecular weight is 605 g/mol. The zero-order valence-corrected chi connectivity index (χ0v) is 25.2. The molecule has 11 heteroatoms. The van der Waals surface area contributed by atoms with Crippen LogP contribution in [0.1, 0.15) is 68.2 Å². The van der Waals surface area contributed by atoms with Crippen LogP contribution in [0.3, 0.4) is 0 Å². The van der Waals surface area contributed by atoms with E-state index in [1.54, 1.807) is 28.5 Å². The van der Waals surface area contributed by atoms with Crippen LogP contribution in [0.5, 0.6) is 5.75 Å². The molecule has 3 aromatic rings. The number of hydrogen-bond acceptors (Lipinski definition) is 8. The van der Waals surface area contributed by atoms with Crippen molar-refractivity contribution < 1.29 is 28.2 Å². The lowest BCUT2D eigenvalue weighted by Crippen LogP contribution is -2.48. The van der Waals surface area contributed by atoms with Gasteiger partial charge in [0, 0.05) is 42.3 Å². The number of halogens is 1. The Bertz CT molecular complexity index is 1710.